The van der Waals surface area contributed by atoms with Crippen LogP contribution in [0, 0.1) is 9.65 Å². The van der Waals surface area contributed by atoms with Crippen LogP contribution in [0.2, 0.25) is 0 Å². The molecule has 3 heterocycles. The molecule has 4 rings (SSSR count). The van der Waals surface area contributed by atoms with Gasteiger partial charge in [0, 0.05) is 28.5 Å². The van der Waals surface area contributed by atoms with Crippen LogP contribution in [0.25, 0.3) is 11.2 Å². The summed E-state index contributed by atoms with van der Waals surface area (Å²) in [6.07, 6.45) is 1.54. The van der Waals surface area contributed by atoms with Gasteiger partial charge in [0.1, 0.15) is 11.6 Å². The van der Waals surface area contributed by atoms with Crippen molar-refractivity contribution in [3.8, 4) is 5.75 Å². The highest BCUT2D eigenvalue weighted by atomic mass is 131. The molecule has 0 aliphatic carbocycles. The summed E-state index contributed by atoms with van der Waals surface area (Å²) in [4.78, 5) is 12.3. The third kappa shape index (κ3) is 4.51. The molecule has 0 amide bonds. The minimum absolute atomic E-state index is 0.0407. The number of hydrogen-bond acceptors (Lipinski definition) is 6. The quantitative estimate of drug-likeness (QED) is 0.290. The van der Waals surface area contributed by atoms with Crippen LogP contribution in [-0.4, -0.2) is 38.2 Å². The van der Waals surface area contributed by atoms with E-state index in [1.165, 1.54) is 5.56 Å². The Morgan fingerprint density at radius 1 is 1.27 bits per heavy atom. The fraction of sp³-hybridized carbons (Fsp3) is 0.476. The molecule has 160 valence electrons. The summed E-state index contributed by atoms with van der Waals surface area (Å²) in [7, 11) is 0. The first-order valence-electron chi connectivity index (χ1n) is 10.1. The van der Waals surface area contributed by atoms with Gasteiger partial charge in [-0.15, -0.1) is 0 Å². The highest BCUT2D eigenvalue weighted by Crippen LogP contribution is 2.31. The summed E-state index contributed by atoms with van der Waals surface area (Å²) in [5.74, 6) is 1.80. The van der Waals surface area contributed by atoms with Crippen LogP contribution in [0.4, 0.5) is 10.2 Å². The molecule has 7 nitrogen and oxygen atoms in total. The third-order valence-electron chi connectivity index (χ3n) is 5.09. The van der Waals surface area contributed by atoms with Crippen molar-refractivity contribution in [1.82, 2.24) is 24.8 Å². The van der Waals surface area contributed by atoms with Crippen molar-refractivity contribution in [2.24, 2.45) is 0 Å². The van der Waals surface area contributed by atoms with E-state index < -0.39 is 6.08 Å². The second-order valence-corrected chi connectivity index (χ2v) is 9.75. The second kappa shape index (κ2) is 8.26. The van der Waals surface area contributed by atoms with Crippen LogP contribution < -0.4 is 15.8 Å². The molecule has 0 fully saturated rings. The molecule has 3 N–H and O–H groups in total. The van der Waals surface area contributed by atoms with Crippen LogP contribution in [0.1, 0.15) is 44.1 Å². The minimum Gasteiger partial charge on any atom is -0.493 e. The molecule has 1 aliphatic heterocycles. The van der Waals surface area contributed by atoms with Crippen molar-refractivity contribution in [3.05, 3.63) is 38.7 Å². The molecule has 1 aliphatic rings. The maximum atomic E-state index is 13.9. The number of hydrogen-bond donors (Lipinski definition) is 2. The van der Waals surface area contributed by atoms with Gasteiger partial charge >= 0.3 is 6.08 Å². The third-order valence-corrected chi connectivity index (χ3v) is 6.10. The van der Waals surface area contributed by atoms with Gasteiger partial charge in [-0.1, -0.05) is 0 Å². The zero-order valence-corrected chi connectivity index (χ0v) is 19.6. The number of fused-ring (bicyclic) bond motifs is 2. The van der Waals surface area contributed by atoms with Gasteiger partial charge in [-0.05, 0) is 79.6 Å². The number of nitrogens with one attached hydrogen (secondary N) is 1. The number of nitrogens with zero attached hydrogens (tertiary/aromatic N) is 4. The topological polar surface area (TPSA) is 90.9 Å². The number of halogens is 2. The number of aryl methyl sites for hydroxylation is 1. The zero-order valence-electron chi connectivity index (χ0n) is 17.4. The Labute approximate surface area is 188 Å². The lowest BCUT2D eigenvalue weighted by atomic mass is 10.1. The summed E-state index contributed by atoms with van der Waals surface area (Å²) in [5, 5.41) is 3.48. The summed E-state index contributed by atoms with van der Waals surface area (Å²) < 4.78 is 22.8. The molecule has 30 heavy (non-hydrogen) atoms. The lowest BCUT2D eigenvalue weighted by molar-refractivity contribution is 0.356. The number of benzene rings is 1. The molecule has 0 saturated carbocycles. The Balaban J connectivity index is 1.67. The molecule has 0 radical (unpaired) electrons. The van der Waals surface area contributed by atoms with Crippen LogP contribution in [-0.2, 0) is 19.4 Å². The van der Waals surface area contributed by atoms with Crippen LogP contribution >= 0.6 is 22.6 Å². The van der Waals surface area contributed by atoms with Crippen molar-refractivity contribution in [1.29, 1.82) is 0 Å². The Morgan fingerprint density at radius 3 is 2.83 bits per heavy atom. The second-order valence-electron chi connectivity index (χ2n) is 8.59. The van der Waals surface area contributed by atoms with Gasteiger partial charge in [0.25, 0.3) is 0 Å². The average molecular weight is 528 g/mol. The molecule has 0 spiro atoms. The highest BCUT2D eigenvalue weighted by Gasteiger charge is 2.20. The molecule has 0 saturated heterocycles. The van der Waals surface area contributed by atoms with Crippen molar-refractivity contribution >= 4 is 39.6 Å². The number of nitrogen functional groups attached to an aromatic ring is 1. The van der Waals surface area contributed by atoms with E-state index in [9.17, 15) is 4.39 Å². The van der Waals surface area contributed by atoms with E-state index in [1.54, 1.807) is 0 Å². The zero-order chi connectivity index (χ0) is 21.5. The van der Waals surface area contributed by atoms with Crippen LogP contribution in [0.15, 0.2) is 12.1 Å². The van der Waals surface area contributed by atoms with Gasteiger partial charge in [0.2, 0.25) is 0 Å². The fourth-order valence-corrected chi connectivity index (χ4v) is 4.38. The van der Waals surface area contributed by atoms with Crippen molar-refractivity contribution in [3.63, 3.8) is 0 Å². The molecule has 2 aromatic heterocycles. The summed E-state index contributed by atoms with van der Waals surface area (Å²) >= 11 is 2.35. The van der Waals surface area contributed by atoms with E-state index in [-0.39, 0.29) is 11.4 Å². The maximum absolute atomic E-state index is 13.9. The van der Waals surface area contributed by atoms with E-state index in [0.29, 0.717) is 24.1 Å². The lowest BCUT2D eigenvalue weighted by Crippen LogP contribution is -2.36. The molecule has 3 aromatic rings. The fourth-order valence-electron chi connectivity index (χ4n) is 3.65. The molecular weight excluding hydrogens is 502 g/mol. The van der Waals surface area contributed by atoms with E-state index in [0.717, 1.165) is 46.7 Å². The van der Waals surface area contributed by atoms with Gasteiger partial charge < -0.3 is 20.4 Å². The number of nitrogens with two attached hydrogens (primary N) is 1. The number of anilines is 1. The maximum Gasteiger partial charge on any atom is 0.312 e. The van der Waals surface area contributed by atoms with Gasteiger partial charge in [-0.3, -0.25) is 0 Å². The highest BCUT2D eigenvalue weighted by molar-refractivity contribution is 14.1. The average Bonchev–Trinajstić information content (AvgIpc) is 3.23. The van der Waals surface area contributed by atoms with E-state index in [2.05, 4.69) is 70.8 Å². The van der Waals surface area contributed by atoms with E-state index >= 15 is 0 Å². The van der Waals surface area contributed by atoms with Crippen molar-refractivity contribution in [2.45, 2.75) is 52.1 Å². The minimum atomic E-state index is -0.832. The SMILES string of the molecule is CC(C)(C)NCCCn1c(Cc2cc3c(cc2[131I])CCO3)nc2c(N)nc(F)nc21. The number of rotatable bonds is 6. The van der Waals surface area contributed by atoms with Crippen LogP contribution in [0.5, 0.6) is 5.75 Å². The van der Waals surface area contributed by atoms with Gasteiger partial charge in [0.05, 0.1) is 6.61 Å². The molecular formula is C21H26FIN6O. The standard InChI is InChI=1S/C21H26FIN6O/c1-21(2,3)25-6-4-7-29-16(26-17-18(24)27-20(22)28-19(17)29)11-13-10-15-12(5-8-30-15)9-14(13)23/h9-10,25H,4-8,11H2,1-3H3,(H2,24,27,28)/i23+4. The molecule has 0 unspecified atom stereocenters. The monoisotopic (exact) mass is 528 g/mol. The molecule has 1 aromatic carbocycles. The summed E-state index contributed by atoms with van der Waals surface area (Å²) in [6, 6.07) is 4.26. The van der Waals surface area contributed by atoms with E-state index in [4.69, 9.17) is 15.5 Å². The Bertz CT molecular complexity index is 1090. The largest absolute Gasteiger partial charge is 0.493 e. The van der Waals surface area contributed by atoms with Crippen molar-refractivity contribution < 1.29 is 9.13 Å². The van der Waals surface area contributed by atoms with Gasteiger partial charge in [-0.25, -0.2) is 4.98 Å². The number of imidazole rings is 1. The first-order chi connectivity index (χ1) is 14.2. The predicted molar refractivity (Wildman–Crippen MR) is 123 cm³/mol. The smallest absolute Gasteiger partial charge is 0.312 e. The Morgan fingerprint density at radius 2 is 2.07 bits per heavy atom. The molecule has 9 heteroatoms. The number of ether oxygens (including phenoxy) is 1. The van der Waals surface area contributed by atoms with E-state index in [1.807, 2.05) is 4.57 Å². The number of aromatic nitrogens is 4. The Kier molecular flexibility index (Phi) is 5.84. The predicted octanol–water partition coefficient (Wildman–Crippen LogP) is 3.46. The molecule has 0 bridgehead atoms. The lowest BCUT2D eigenvalue weighted by Gasteiger charge is -2.20. The first-order valence-corrected chi connectivity index (χ1v) is 11.2. The van der Waals surface area contributed by atoms with Gasteiger partial charge in [0.15, 0.2) is 17.0 Å². The summed E-state index contributed by atoms with van der Waals surface area (Å²) in [5.41, 5.74) is 9.23. The molecule has 0 atom stereocenters. The summed E-state index contributed by atoms with van der Waals surface area (Å²) in [6.45, 7) is 8.60. The van der Waals surface area contributed by atoms with Crippen molar-refractivity contribution in [2.75, 3.05) is 18.9 Å². The van der Waals surface area contributed by atoms with Gasteiger partial charge in [-0.2, -0.15) is 14.4 Å². The normalized spacial score (nSPS) is 13.6. The van der Waals surface area contributed by atoms with Crippen LogP contribution in [0.3, 0.4) is 0 Å². The first kappa shape index (κ1) is 21.2. The Hall–Kier alpha value is -2.01.